The van der Waals surface area contributed by atoms with Crippen molar-refractivity contribution in [1.82, 2.24) is 20.0 Å². The summed E-state index contributed by atoms with van der Waals surface area (Å²) in [6, 6.07) is 19.2. The first-order valence-corrected chi connectivity index (χ1v) is 12.7. The van der Waals surface area contributed by atoms with Crippen LogP contribution in [0.5, 0.6) is 5.75 Å². The van der Waals surface area contributed by atoms with Crippen molar-refractivity contribution in [3.8, 4) is 17.0 Å². The van der Waals surface area contributed by atoms with E-state index < -0.39 is 0 Å². The Morgan fingerprint density at radius 3 is 2.32 bits per heavy atom. The summed E-state index contributed by atoms with van der Waals surface area (Å²) >= 11 is 0. The number of anilines is 1. The van der Waals surface area contributed by atoms with Crippen LogP contribution in [0.15, 0.2) is 60.7 Å². The fourth-order valence-corrected chi connectivity index (χ4v) is 4.42. The summed E-state index contributed by atoms with van der Waals surface area (Å²) in [5.74, 6) is 1.45. The second kappa shape index (κ2) is 11.9. The average molecular weight is 502 g/mol. The predicted molar refractivity (Wildman–Crippen MR) is 145 cm³/mol. The molecule has 2 amide bonds. The van der Waals surface area contributed by atoms with Gasteiger partial charge in [0, 0.05) is 43.9 Å². The van der Waals surface area contributed by atoms with E-state index in [1.165, 1.54) is 5.56 Å². The first-order chi connectivity index (χ1) is 17.8. The van der Waals surface area contributed by atoms with E-state index in [-0.39, 0.29) is 24.3 Å². The third-order valence-electron chi connectivity index (χ3n) is 6.47. The Balaban J connectivity index is 1.35. The van der Waals surface area contributed by atoms with E-state index in [0.717, 1.165) is 17.1 Å². The Bertz CT molecular complexity index is 1200. The predicted octanol–water partition coefficient (Wildman–Crippen LogP) is 3.91. The summed E-state index contributed by atoms with van der Waals surface area (Å²) in [5.41, 5.74) is 3.60. The van der Waals surface area contributed by atoms with Crippen molar-refractivity contribution < 1.29 is 14.3 Å². The Hall–Kier alpha value is -3.94. The van der Waals surface area contributed by atoms with Crippen LogP contribution in [-0.4, -0.2) is 78.2 Å². The van der Waals surface area contributed by atoms with Gasteiger partial charge in [0.1, 0.15) is 12.3 Å². The van der Waals surface area contributed by atoms with Crippen LogP contribution in [-0.2, 0) is 4.79 Å². The molecule has 0 saturated carbocycles. The lowest BCUT2D eigenvalue weighted by Crippen LogP contribution is -2.52. The maximum Gasteiger partial charge on any atom is 0.254 e. The molecule has 2 aromatic carbocycles. The summed E-state index contributed by atoms with van der Waals surface area (Å²) in [4.78, 5) is 32.0. The number of aryl methyl sites for hydroxylation is 1. The van der Waals surface area contributed by atoms with Crippen molar-refractivity contribution in [2.24, 2.45) is 5.92 Å². The Morgan fingerprint density at radius 1 is 0.973 bits per heavy atom. The molecule has 37 heavy (non-hydrogen) atoms. The molecule has 0 aliphatic carbocycles. The maximum atomic E-state index is 13.2. The number of methoxy groups -OCH3 is 1. The number of piperazine rings is 1. The molecule has 0 unspecified atom stereocenters. The minimum Gasteiger partial charge on any atom is -0.497 e. The third-order valence-corrected chi connectivity index (χ3v) is 6.47. The van der Waals surface area contributed by atoms with Crippen LogP contribution in [0.2, 0.25) is 0 Å². The lowest BCUT2D eigenvalue weighted by Gasteiger charge is -2.36. The van der Waals surface area contributed by atoms with Crippen molar-refractivity contribution in [1.29, 1.82) is 0 Å². The van der Waals surface area contributed by atoms with Gasteiger partial charge in [-0.3, -0.25) is 9.59 Å². The van der Waals surface area contributed by atoms with E-state index >= 15 is 0 Å². The standard InChI is InChI=1S/C29H35N5O3/c1-21(2)19-34(29(36)24-6-5-7-25(18-24)37-4)20-28(35)33-16-14-32(15-17-33)27-13-12-26(30-31-27)23-10-8-22(3)9-11-23/h5-13,18,21H,14-17,19-20H2,1-4H3. The summed E-state index contributed by atoms with van der Waals surface area (Å²) in [6.45, 7) is 9.18. The monoisotopic (exact) mass is 501 g/mol. The van der Waals surface area contributed by atoms with Crippen LogP contribution in [0.1, 0.15) is 29.8 Å². The lowest BCUT2D eigenvalue weighted by atomic mass is 10.1. The first kappa shape index (κ1) is 26.1. The molecular weight excluding hydrogens is 466 g/mol. The van der Waals surface area contributed by atoms with Crippen LogP contribution in [0, 0.1) is 12.8 Å². The van der Waals surface area contributed by atoms with Crippen LogP contribution in [0.4, 0.5) is 5.82 Å². The number of carbonyl (C=O) groups is 2. The molecule has 4 rings (SSSR count). The van der Waals surface area contributed by atoms with Crippen LogP contribution >= 0.6 is 0 Å². The maximum absolute atomic E-state index is 13.2. The van der Waals surface area contributed by atoms with E-state index in [4.69, 9.17) is 4.74 Å². The number of aromatic nitrogens is 2. The molecule has 1 aromatic heterocycles. The molecule has 3 aromatic rings. The fourth-order valence-electron chi connectivity index (χ4n) is 4.42. The minimum absolute atomic E-state index is 0.0441. The zero-order valence-corrected chi connectivity index (χ0v) is 22.1. The zero-order chi connectivity index (χ0) is 26.4. The zero-order valence-electron chi connectivity index (χ0n) is 22.1. The molecule has 8 heteroatoms. The van der Waals surface area contributed by atoms with Gasteiger partial charge >= 0.3 is 0 Å². The summed E-state index contributed by atoms with van der Waals surface area (Å²) in [5, 5.41) is 8.84. The van der Waals surface area contributed by atoms with Crippen LogP contribution in [0.25, 0.3) is 11.3 Å². The topological polar surface area (TPSA) is 78.9 Å². The quantitative estimate of drug-likeness (QED) is 0.466. The molecule has 1 aliphatic rings. The van der Waals surface area contributed by atoms with Gasteiger partial charge in [0.2, 0.25) is 5.91 Å². The van der Waals surface area contributed by atoms with Gasteiger partial charge in [0.15, 0.2) is 5.82 Å². The van der Waals surface area contributed by atoms with E-state index in [2.05, 4.69) is 34.2 Å². The number of hydrogen-bond acceptors (Lipinski definition) is 6. The number of nitrogens with zero attached hydrogens (tertiary/aromatic N) is 5. The summed E-state index contributed by atoms with van der Waals surface area (Å²) < 4.78 is 5.26. The Kier molecular flexibility index (Phi) is 8.38. The van der Waals surface area contributed by atoms with Gasteiger partial charge in [-0.15, -0.1) is 10.2 Å². The van der Waals surface area contributed by atoms with Crippen molar-refractivity contribution in [3.05, 3.63) is 71.8 Å². The average Bonchev–Trinajstić information content (AvgIpc) is 2.92. The second-order valence-corrected chi connectivity index (χ2v) is 9.82. The molecule has 8 nitrogen and oxygen atoms in total. The summed E-state index contributed by atoms with van der Waals surface area (Å²) in [6.07, 6.45) is 0. The highest BCUT2D eigenvalue weighted by Gasteiger charge is 2.26. The Morgan fingerprint density at radius 2 is 1.70 bits per heavy atom. The minimum atomic E-state index is -0.163. The van der Waals surface area contributed by atoms with Crippen molar-refractivity contribution in [2.75, 3.05) is 51.3 Å². The molecule has 1 fully saturated rings. The van der Waals surface area contributed by atoms with Crippen molar-refractivity contribution in [3.63, 3.8) is 0 Å². The van der Waals surface area contributed by atoms with Gasteiger partial charge in [0.25, 0.3) is 5.91 Å². The SMILES string of the molecule is COc1cccc(C(=O)N(CC(=O)N2CCN(c3ccc(-c4ccc(C)cc4)nn3)CC2)CC(C)C)c1. The molecule has 194 valence electrons. The number of amides is 2. The molecule has 1 saturated heterocycles. The normalized spacial score (nSPS) is 13.5. The van der Waals surface area contributed by atoms with Gasteiger partial charge in [-0.2, -0.15) is 0 Å². The van der Waals surface area contributed by atoms with Gasteiger partial charge in [-0.25, -0.2) is 0 Å². The third kappa shape index (κ3) is 6.64. The van der Waals surface area contributed by atoms with E-state index in [1.54, 1.807) is 36.3 Å². The van der Waals surface area contributed by atoms with Crippen molar-refractivity contribution in [2.45, 2.75) is 20.8 Å². The van der Waals surface area contributed by atoms with Crippen LogP contribution in [0.3, 0.4) is 0 Å². The number of ether oxygens (including phenoxy) is 1. The number of hydrogen-bond donors (Lipinski definition) is 0. The lowest BCUT2D eigenvalue weighted by molar-refractivity contribution is -0.132. The number of rotatable bonds is 8. The summed E-state index contributed by atoms with van der Waals surface area (Å²) in [7, 11) is 1.57. The van der Waals surface area contributed by atoms with Gasteiger partial charge in [-0.05, 0) is 43.2 Å². The number of carbonyl (C=O) groups excluding carboxylic acids is 2. The molecule has 0 bridgehead atoms. The van der Waals surface area contributed by atoms with E-state index in [1.807, 2.05) is 43.0 Å². The number of benzene rings is 2. The molecule has 0 atom stereocenters. The highest BCUT2D eigenvalue weighted by molar-refractivity contribution is 5.97. The van der Waals surface area contributed by atoms with Gasteiger partial charge < -0.3 is 19.4 Å². The van der Waals surface area contributed by atoms with E-state index in [9.17, 15) is 9.59 Å². The molecule has 2 heterocycles. The molecular formula is C29H35N5O3. The largest absolute Gasteiger partial charge is 0.497 e. The molecule has 0 radical (unpaired) electrons. The van der Waals surface area contributed by atoms with Gasteiger partial charge in [0.05, 0.1) is 12.8 Å². The van der Waals surface area contributed by atoms with Crippen molar-refractivity contribution >= 4 is 17.6 Å². The smallest absolute Gasteiger partial charge is 0.254 e. The Labute approximate surface area is 218 Å². The molecule has 1 aliphatic heterocycles. The molecule has 0 spiro atoms. The fraction of sp³-hybridized carbons (Fsp3) is 0.379. The first-order valence-electron chi connectivity index (χ1n) is 12.7. The highest BCUT2D eigenvalue weighted by Crippen LogP contribution is 2.20. The van der Waals surface area contributed by atoms with Crippen LogP contribution < -0.4 is 9.64 Å². The molecule has 0 N–H and O–H groups in total. The highest BCUT2D eigenvalue weighted by atomic mass is 16.5. The van der Waals surface area contributed by atoms with E-state index in [0.29, 0.717) is 44.0 Å². The van der Waals surface area contributed by atoms with Gasteiger partial charge in [-0.1, -0.05) is 49.7 Å². The second-order valence-electron chi connectivity index (χ2n) is 9.82.